The normalized spacial score (nSPS) is 11.6. The third-order valence-electron chi connectivity index (χ3n) is 1.45. The van der Waals surface area contributed by atoms with Gasteiger partial charge in [-0.3, -0.25) is 14.8 Å². The molecular formula is C6H6F3N3O2. The number of aromatic nitrogens is 2. The molecular weight excluding hydrogens is 203 g/mol. The lowest BCUT2D eigenvalue weighted by molar-refractivity contribution is -0.385. The Labute approximate surface area is 76.3 Å². The molecule has 0 aliphatic heterocycles. The van der Waals surface area contributed by atoms with Gasteiger partial charge in [-0.2, -0.15) is 18.3 Å². The minimum Gasteiger partial charge on any atom is -0.265 e. The molecule has 0 bridgehead atoms. The number of hydrogen-bond acceptors (Lipinski definition) is 3. The average Bonchev–Trinajstić information content (AvgIpc) is 2.47. The Balaban J connectivity index is 2.56. The quantitative estimate of drug-likeness (QED) is 0.562. The van der Waals surface area contributed by atoms with E-state index in [0.717, 1.165) is 17.1 Å². The maximum Gasteiger partial charge on any atom is 0.390 e. The first-order valence-electron chi connectivity index (χ1n) is 3.62. The molecule has 0 amide bonds. The van der Waals surface area contributed by atoms with Gasteiger partial charge in [-0.1, -0.05) is 0 Å². The highest BCUT2D eigenvalue weighted by molar-refractivity contribution is 5.20. The summed E-state index contributed by atoms with van der Waals surface area (Å²) in [7, 11) is 0. The first-order valence-corrected chi connectivity index (χ1v) is 3.62. The van der Waals surface area contributed by atoms with Crippen LogP contribution in [-0.2, 0) is 6.54 Å². The second kappa shape index (κ2) is 3.64. The summed E-state index contributed by atoms with van der Waals surface area (Å²) in [6.07, 6.45) is -3.45. The summed E-state index contributed by atoms with van der Waals surface area (Å²) in [6, 6.07) is 0. The van der Waals surface area contributed by atoms with Gasteiger partial charge in [0, 0.05) is 6.54 Å². The number of nitrogens with zero attached hydrogens (tertiary/aromatic N) is 3. The molecule has 1 heterocycles. The molecule has 0 fully saturated rings. The van der Waals surface area contributed by atoms with Gasteiger partial charge in [-0.05, 0) is 0 Å². The molecule has 0 N–H and O–H groups in total. The summed E-state index contributed by atoms with van der Waals surface area (Å²) in [5.41, 5.74) is -0.313. The van der Waals surface area contributed by atoms with Crippen LogP contribution in [0.5, 0.6) is 0 Å². The summed E-state index contributed by atoms with van der Waals surface area (Å²) in [6.45, 7) is -0.405. The van der Waals surface area contributed by atoms with E-state index in [1.807, 2.05) is 0 Å². The lowest BCUT2D eigenvalue weighted by Crippen LogP contribution is -2.12. The molecule has 0 aliphatic carbocycles. The Morgan fingerprint density at radius 1 is 1.57 bits per heavy atom. The monoisotopic (exact) mass is 209 g/mol. The van der Waals surface area contributed by atoms with Gasteiger partial charge < -0.3 is 0 Å². The Kier molecular flexibility index (Phi) is 2.73. The Morgan fingerprint density at radius 3 is 2.64 bits per heavy atom. The molecule has 0 atom stereocenters. The number of aryl methyl sites for hydroxylation is 1. The van der Waals surface area contributed by atoms with Crippen molar-refractivity contribution in [3.63, 3.8) is 0 Å². The van der Waals surface area contributed by atoms with Crippen molar-refractivity contribution < 1.29 is 18.1 Å². The highest BCUT2D eigenvalue weighted by Crippen LogP contribution is 2.20. The molecule has 1 aromatic heterocycles. The first-order chi connectivity index (χ1) is 6.38. The molecule has 0 saturated heterocycles. The summed E-state index contributed by atoms with van der Waals surface area (Å²) in [5.74, 6) is 0. The standard InChI is InChI=1S/C6H6F3N3O2/c7-6(8,9)1-2-11-4-5(3-10-11)12(13)14/h3-4H,1-2H2. The fourth-order valence-electron chi connectivity index (χ4n) is 0.811. The van der Waals surface area contributed by atoms with E-state index in [0.29, 0.717) is 0 Å². The van der Waals surface area contributed by atoms with Crippen LogP contribution in [-0.4, -0.2) is 20.9 Å². The van der Waals surface area contributed by atoms with Crippen LogP contribution >= 0.6 is 0 Å². The van der Waals surface area contributed by atoms with E-state index < -0.39 is 24.1 Å². The van der Waals surface area contributed by atoms with Crippen LogP contribution in [0.15, 0.2) is 12.4 Å². The average molecular weight is 209 g/mol. The second-order valence-corrected chi connectivity index (χ2v) is 2.58. The summed E-state index contributed by atoms with van der Waals surface area (Å²) >= 11 is 0. The third kappa shape index (κ3) is 3.04. The van der Waals surface area contributed by atoms with Crippen molar-refractivity contribution >= 4 is 5.69 Å². The largest absolute Gasteiger partial charge is 0.390 e. The Bertz CT molecular complexity index is 333. The van der Waals surface area contributed by atoms with Crippen molar-refractivity contribution in [3.8, 4) is 0 Å². The molecule has 0 aliphatic rings. The zero-order chi connectivity index (χ0) is 10.8. The molecule has 1 aromatic rings. The van der Waals surface area contributed by atoms with Crippen LogP contribution < -0.4 is 0 Å². The maximum atomic E-state index is 11.7. The van der Waals surface area contributed by atoms with E-state index >= 15 is 0 Å². The summed E-state index contributed by atoms with van der Waals surface area (Å²) in [4.78, 5) is 9.43. The van der Waals surface area contributed by atoms with Crippen molar-refractivity contribution in [1.82, 2.24) is 9.78 Å². The number of alkyl halides is 3. The second-order valence-electron chi connectivity index (χ2n) is 2.58. The fourth-order valence-corrected chi connectivity index (χ4v) is 0.811. The van der Waals surface area contributed by atoms with Crippen LogP contribution in [0.1, 0.15) is 6.42 Å². The predicted molar refractivity (Wildman–Crippen MR) is 39.6 cm³/mol. The van der Waals surface area contributed by atoms with Gasteiger partial charge in [0.15, 0.2) is 0 Å². The lowest BCUT2D eigenvalue weighted by atomic mass is 10.4. The molecule has 14 heavy (non-hydrogen) atoms. The van der Waals surface area contributed by atoms with E-state index in [-0.39, 0.29) is 5.69 Å². The zero-order valence-electron chi connectivity index (χ0n) is 6.86. The molecule has 0 unspecified atom stereocenters. The minimum atomic E-state index is -4.28. The van der Waals surface area contributed by atoms with E-state index in [2.05, 4.69) is 5.10 Å². The molecule has 5 nitrogen and oxygen atoms in total. The Hall–Kier alpha value is -1.60. The maximum absolute atomic E-state index is 11.7. The van der Waals surface area contributed by atoms with Gasteiger partial charge in [0.2, 0.25) is 0 Å². The fraction of sp³-hybridized carbons (Fsp3) is 0.500. The minimum absolute atomic E-state index is 0.313. The molecule has 0 saturated carbocycles. The van der Waals surface area contributed by atoms with Gasteiger partial charge in [0.1, 0.15) is 12.4 Å². The molecule has 1 rings (SSSR count). The first kappa shape index (κ1) is 10.5. The number of halogens is 3. The van der Waals surface area contributed by atoms with Crippen LogP contribution in [0.4, 0.5) is 18.9 Å². The summed E-state index contributed by atoms with van der Waals surface area (Å²) < 4.78 is 36.1. The third-order valence-corrected chi connectivity index (χ3v) is 1.45. The van der Waals surface area contributed by atoms with Crippen molar-refractivity contribution in [3.05, 3.63) is 22.5 Å². The SMILES string of the molecule is O=[N+]([O-])c1cnn(CCC(F)(F)F)c1. The van der Waals surface area contributed by atoms with Crippen molar-refractivity contribution in [1.29, 1.82) is 0 Å². The lowest BCUT2D eigenvalue weighted by Gasteiger charge is -2.04. The number of rotatable bonds is 3. The van der Waals surface area contributed by atoms with Gasteiger partial charge in [-0.25, -0.2) is 0 Å². The van der Waals surface area contributed by atoms with Crippen molar-refractivity contribution in [2.24, 2.45) is 0 Å². The topological polar surface area (TPSA) is 61.0 Å². The van der Waals surface area contributed by atoms with Gasteiger partial charge in [-0.15, -0.1) is 0 Å². The van der Waals surface area contributed by atoms with E-state index in [4.69, 9.17) is 0 Å². The smallest absolute Gasteiger partial charge is 0.265 e. The van der Waals surface area contributed by atoms with E-state index in [9.17, 15) is 23.3 Å². The van der Waals surface area contributed by atoms with E-state index in [1.54, 1.807) is 0 Å². The molecule has 0 radical (unpaired) electrons. The number of hydrogen-bond donors (Lipinski definition) is 0. The Morgan fingerprint density at radius 2 is 2.21 bits per heavy atom. The molecule has 0 spiro atoms. The van der Waals surface area contributed by atoms with Crippen LogP contribution in [0.2, 0.25) is 0 Å². The number of nitro groups is 1. The van der Waals surface area contributed by atoms with Gasteiger partial charge in [0.25, 0.3) is 0 Å². The van der Waals surface area contributed by atoms with Crippen LogP contribution in [0, 0.1) is 10.1 Å². The molecule has 8 heteroatoms. The molecule has 78 valence electrons. The van der Waals surface area contributed by atoms with Crippen LogP contribution in [0.25, 0.3) is 0 Å². The molecule has 0 aromatic carbocycles. The van der Waals surface area contributed by atoms with Gasteiger partial charge in [0.05, 0.1) is 11.3 Å². The van der Waals surface area contributed by atoms with Gasteiger partial charge >= 0.3 is 11.9 Å². The van der Waals surface area contributed by atoms with Crippen molar-refractivity contribution in [2.75, 3.05) is 0 Å². The zero-order valence-corrected chi connectivity index (χ0v) is 6.86. The predicted octanol–water partition coefficient (Wildman–Crippen LogP) is 1.74. The van der Waals surface area contributed by atoms with Crippen LogP contribution in [0.3, 0.4) is 0 Å². The van der Waals surface area contributed by atoms with Crippen molar-refractivity contribution in [2.45, 2.75) is 19.1 Å². The van der Waals surface area contributed by atoms with E-state index in [1.165, 1.54) is 0 Å². The highest BCUT2D eigenvalue weighted by atomic mass is 19.4. The summed E-state index contributed by atoms with van der Waals surface area (Å²) in [5, 5.41) is 13.6. The highest BCUT2D eigenvalue weighted by Gasteiger charge is 2.27.